The molecule has 2 aromatic rings. The molecule has 2 amide bonds. The van der Waals surface area contributed by atoms with Gasteiger partial charge < -0.3 is 10.2 Å². The van der Waals surface area contributed by atoms with E-state index in [2.05, 4.69) is 26.6 Å². The molecule has 28 heavy (non-hydrogen) atoms. The number of nitrogens with one attached hydrogen (secondary N) is 2. The Morgan fingerprint density at radius 3 is 2.71 bits per heavy atom. The first kappa shape index (κ1) is 19.5. The number of rotatable bonds is 7. The number of benzene rings is 1. The van der Waals surface area contributed by atoms with E-state index in [1.807, 2.05) is 0 Å². The zero-order chi connectivity index (χ0) is 20.1. The van der Waals surface area contributed by atoms with E-state index in [1.54, 1.807) is 23.1 Å². The van der Waals surface area contributed by atoms with Gasteiger partial charge in [0.15, 0.2) is 0 Å². The SMILES string of the molecule is C=CC(=O)NCCC(=O)N1CCc2cc(S(=O)(=O)Nc3ncccn3)ccc21. The van der Waals surface area contributed by atoms with Crippen LogP contribution in [0.1, 0.15) is 12.0 Å². The second kappa shape index (κ2) is 8.17. The first-order valence-corrected chi connectivity index (χ1v) is 10.0. The molecule has 3 rings (SSSR count). The van der Waals surface area contributed by atoms with Gasteiger partial charge in [-0.05, 0) is 42.3 Å². The van der Waals surface area contributed by atoms with E-state index in [9.17, 15) is 18.0 Å². The van der Waals surface area contributed by atoms with Crippen LogP contribution in [0.25, 0.3) is 0 Å². The normalized spacial score (nSPS) is 12.9. The van der Waals surface area contributed by atoms with Crippen LogP contribution in [0.5, 0.6) is 0 Å². The van der Waals surface area contributed by atoms with Gasteiger partial charge in [-0.3, -0.25) is 9.59 Å². The summed E-state index contributed by atoms with van der Waals surface area (Å²) in [7, 11) is -3.83. The summed E-state index contributed by atoms with van der Waals surface area (Å²) >= 11 is 0. The zero-order valence-corrected chi connectivity index (χ0v) is 15.8. The van der Waals surface area contributed by atoms with Gasteiger partial charge in [0.1, 0.15) is 0 Å². The Hall–Kier alpha value is -3.27. The van der Waals surface area contributed by atoms with E-state index in [0.717, 1.165) is 11.6 Å². The van der Waals surface area contributed by atoms with Crippen molar-refractivity contribution in [2.75, 3.05) is 22.7 Å². The van der Waals surface area contributed by atoms with Crippen molar-refractivity contribution in [3.8, 4) is 0 Å². The summed E-state index contributed by atoms with van der Waals surface area (Å²) < 4.78 is 27.4. The maximum atomic E-state index is 12.5. The molecule has 0 unspecified atom stereocenters. The maximum absolute atomic E-state index is 12.5. The molecule has 0 aliphatic carbocycles. The highest BCUT2D eigenvalue weighted by atomic mass is 32.2. The molecule has 0 bridgehead atoms. The van der Waals surface area contributed by atoms with Gasteiger partial charge in [0.2, 0.25) is 17.8 Å². The van der Waals surface area contributed by atoms with Crippen molar-refractivity contribution in [3.63, 3.8) is 0 Å². The lowest BCUT2D eigenvalue weighted by Gasteiger charge is -2.17. The standard InChI is InChI=1S/C18H19N5O4S/c1-2-16(24)19-10-6-17(25)23-11-7-13-12-14(4-5-15(13)23)28(26,27)22-18-20-8-3-9-21-18/h2-5,8-9,12H,1,6-7,10-11H2,(H,19,24)(H,20,21,22). The third-order valence-electron chi connectivity index (χ3n) is 4.17. The summed E-state index contributed by atoms with van der Waals surface area (Å²) in [6.45, 7) is 4.02. The van der Waals surface area contributed by atoms with Crippen molar-refractivity contribution in [3.05, 3.63) is 54.9 Å². The predicted molar refractivity (Wildman–Crippen MR) is 103 cm³/mol. The molecule has 0 fully saturated rings. The molecule has 0 spiro atoms. The highest BCUT2D eigenvalue weighted by molar-refractivity contribution is 7.92. The van der Waals surface area contributed by atoms with E-state index in [1.165, 1.54) is 18.5 Å². The molecule has 1 aromatic heterocycles. The minimum atomic E-state index is -3.83. The number of aromatic nitrogens is 2. The van der Waals surface area contributed by atoms with E-state index in [0.29, 0.717) is 18.7 Å². The number of hydrogen-bond acceptors (Lipinski definition) is 6. The average Bonchev–Trinajstić information content (AvgIpc) is 3.11. The molecule has 0 radical (unpaired) electrons. The van der Waals surface area contributed by atoms with Gasteiger partial charge in [0.25, 0.3) is 10.0 Å². The van der Waals surface area contributed by atoms with Crippen LogP contribution in [0.15, 0.2) is 54.2 Å². The molecular formula is C18H19N5O4S. The van der Waals surface area contributed by atoms with E-state index >= 15 is 0 Å². The fraction of sp³-hybridized carbons (Fsp3) is 0.222. The van der Waals surface area contributed by atoms with E-state index in [-0.39, 0.29) is 35.6 Å². The molecule has 2 heterocycles. The highest BCUT2D eigenvalue weighted by Gasteiger charge is 2.26. The van der Waals surface area contributed by atoms with Crippen LogP contribution in [0.2, 0.25) is 0 Å². The molecule has 9 nitrogen and oxygen atoms in total. The highest BCUT2D eigenvalue weighted by Crippen LogP contribution is 2.31. The lowest BCUT2D eigenvalue weighted by Crippen LogP contribution is -2.33. The number of fused-ring (bicyclic) bond motifs is 1. The van der Waals surface area contributed by atoms with Gasteiger partial charge in [0.05, 0.1) is 4.90 Å². The van der Waals surface area contributed by atoms with E-state index < -0.39 is 10.0 Å². The Kier molecular flexibility index (Phi) is 5.69. The Morgan fingerprint density at radius 2 is 2.00 bits per heavy atom. The fourth-order valence-electron chi connectivity index (χ4n) is 2.84. The number of amides is 2. The molecule has 146 valence electrons. The Labute approximate surface area is 162 Å². The quantitative estimate of drug-likeness (QED) is 0.664. The first-order valence-electron chi connectivity index (χ1n) is 8.54. The summed E-state index contributed by atoms with van der Waals surface area (Å²) in [5.41, 5.74) is 1.44. The molecule has 0 saturated carbocycles. The second-order valence-electron chi connectivity index (χ2n) is 6.01. The minimum absolute atomic E-state index is 0.0126. The van der Waals surface area contributed by atoms with Crippen LogP contribution >= 0.6 is 0 Å². The van der Waals surface area contributed by atoms with Gasteiger partial charge in [-0.1, -0.05) is 6.58 Å². The third kappa shape index (κ3) is 4.34. The molecule has 0 saturated heterocycles. The van der Waals surface area contributed by atoms with Crippen molar-refractivity contribution < 1.29 is 18.0 Å². The summed E-state index contributed by atoms with van der Waals surface area (Å²) in [4.78, 5) is 32.9. The van der Waals surface area contributed by atoms with Crippen molar-refractivity contribution in [1.29, 1.82) is 0 Å². The lowest BCUT2D eigenvalue weighted by atomic mass is 10.2. The minimum Gasteiger partial charge on any atom is -0.352 e. The number of anilines is 2. The molecular weight excluding hydrogens is 382 g/mol. The fourth-order valence-corrected chi connectivity index (χ4v) is 3.84. The van der Waals surface area contributed by atoms with Crippen molar-refractivity contribution in [2.45, 2.75) is 17.7 Å². The largest absolute Gasteiger partial charge is 0.352 e. The summed E-state index contributed by atoms with van der Waals surface area (Å²) in [6.07, 6.45) is 4.71. The Balaban J connectivity index is 1.71. The number of carbonyl (C=O) groups is 2. The topological polar surface area (TPSA) is 121 Å². The second-order valence-corrected chi connectivity index (χ2v) is 7.69. The molecule has 1 aliphatic rings. The summed E-state index contributed by atoms with van der Waals surface area (Å²) in [5, 5.41) is 2.56. The van der Waals surface area contributed by atoms with Crippen molar-refractivity contribution in [1.82, 2.24) is 15.3 Å². The van der Waals surface area contributed by atoms with Crippen molar-refractivity contribution in [2.24, 2.45) is 0 Å². The summed E-state index contributed by atoms with van der Waals surface area (Å²) in [6, 6.07) is 6.19. The summed E-state index contributed by atoms with van der Waals surface area (Å²) in [5.74, 6) is -0.490. The van der Waals surface area contributed by atoms with Crippen LogP contribution < -0.4 is 14.9 Å². The molecule has 2 N–H and O–H groups in total. The number of hydrogen-bond donors (Lipinski definition) is 2. The van der Waals surface area contributed by atoms with Crippen LogP contribution in [0, 0.1) is 0 Å². The average molecular weight is 401 g/mol. The maximum Gasteiger partial charge on any atom is 0.264 e. The van der Waals surface area contributed by atoms with Gasteiger partial charge in [0, 0.05) is 37.6 Å². The van der Waals surface area contributed by atoms with Crippen LogP contribution in [-0.4, -0.2) is 43.3 Å². The number of sulfonamides is 1. The van der Waals surface area contributed by atoms with Gasteiger partial charge >= 0.3 is 0 Å². The zero-order valence-electron chi connectivity index (χ0n) is 15.0. The van der Waals surface area contributed by atoms with Gasteiger partial charge in [-0.2, -0.15) is 0 Å². The first-order chi connectivity index (χ1) is 13.4. The monoisotopic (exact) mass is 401 g/mol. The lowest BCUT2D eigenvalue weighted by molar-refractivity contribution is -0.119. The van der Waals surface area contributed by atoms with Crippen molar-refractivity contribution >= 4 is 33.5 Å². The van der Waals surface area contributed by atoms with Crippen LogP contribution in [0.3, 0.4) is 0 Å². The van der Waals surface area contributed by atoms with Crippen LogP contribution in [-0.2, 0) is 26.0 Å². The number of carbonyl (C=O) groups excluding carboxylic acids is 2. The van der Waals surface area contributed by atoms with Crippen LogP contribution in [0.4, 0.5) is 11.6 Å². The molecule has 10 heteroatoms. The van der Waals surface area contributed by atoms with Gasteiger partial charge in [-0.25, -0.2) is 23.1 Å². The van der Waals surface area contributed by atoms with E-state index in [4.69, 9.17) is 0 Å². The Morgan fingerprint density at radius 1 is 1.25 bits per heavy atom. The molecule has 0 atom stereocenters. The molecule has 1 aliphatic heterocycles. The smallest absolute Gasteiger partial charge is 0.264 e. The predicted octanol–water partition coefficient (Wildman–Crippen LogP) is 0.859. The molecule has 1 aromatic carbocycles. The number of nitrogens with zero attached hydrogens (tertiary/aromatic N) is 3. The van der Waals surface area contributed by atoms with Gasteiger partial charge in [-0.15, -0.1) is 0 Å². The Bertz CT molecular complexity index is 1010. The third-order valence-corrected chi connectivity index (χ3v) is 5.50.